The fourth-order valence-corrected chi connectivity index (χ4v) is 5.81. The number of hydrogen-bond acceptors (Lipinski definition) is 8. The summed E-state index contributed by atoms with van der Waals surface area (Å²) in [5.41, 5.74) is 5.64. The largest absolute Gasteiger partial charge is 0.492 e. The summed E-state index contributed by atoms with van der Waals surface area (Å²) >= 11 is 0. The highest BCUT2D eigenvalue weighted by Gasteiger charge is 2.20. The van der Waals surface area contributed by atoms with Crippen LogP contribution in [0.2, 0.25) is 0 Å². The summed E-state index contributed by atoms with van der Waals surface area (Å²) in [6.07, 6.45) is -0.369. The Kier molecular flexibility index (Phi) is 12.5. The molecule has 10 nitrogen and oxygen atoms in total. The van der Waals surface area contributed by atoms with Crippen LogP contribution in [0.4, 0.5) is 5.69 Å². The Morgan fingerprint density at radius 1 is 0.896 bits per heavy atom. The van der Waals surface area contributed by atoms with E-state index in [0.29, 0.717) is 36.6 Å². The van der Waals surface area contributed by atoms with Gasteiger partial charge >= 0.3 is 5.97 Å². The number of nitrogens with one attached hydrogen (secondary N) is 2. The first-order valence-corrected chi connectivity index (χ1v) is 17.7. The second kappa shape index (κ2) is 16.5. The molecule has 0 aliphatic heterocycles. The van der Waals surface area contributed by atoms with Crippen molar-refractivity contribution in [1.29, 1.82) is 0 Å². The van der Waals surface area contributed by atoms with Crippen LogP contribution >= 0.6 is 0 Å². The Bertz CT molecular complexity index is 1760. The van der Waals surface area contributed by atoms with E-state index in [-0.39, 0.29) is 18.3 Å². The summed E-state index contributed by atoms with van der Waals surface area (Å²) in [4.78, 5) is 11.3. The maximum atomic E-state index is 12.1. The van der Waals surface area contributed by atoms with Gasteiger partial charge in [0.15, 0.2) is 6.10 Å². The van der Waals surface area contributed by atoms with Crippen LogP contribution in [0.25, 0.3) is 11.1 Å². The molecule has 0 amide bonds. The predicted molar refractivity (Wildman–Crippen MR) is 187 cm³/mol. The summed E-state index contributed by atoms with van der Waals surface area (Å²) < 4.78 is 44.2. The van der Waals surface area contributed by atoms with Crippen molar-refractivity contribution in [1.82, 2.24) is 5.32 Å². The van der Waals surface area contributed by atoms with Crippen LogP contribution in [0.3, 0.4) is 0 Å². The lowest BCUT2D eigenvalue weighted by Gasteiger charge is -2.23. The number of aryl methyl sites for hydroxylation is 2. The molecule has 256 valence electrons. The Balaban J connectivity index is 1.34. The molecular weight excluding hydrogens is 632 g/mol. The average Bonchev–Trinajstić information content (AvgIpc) is 3.05. The Morgan fingerprint density at radius 2 is 1.56 bits per heavy atom. The van der Waals surface area contributed by atoms with Gasteiger partial charge in [0.25, 0.3) is 0 Å². The molecular formula is C37H44N2O8S. The van der Waals surface area contributed by atoms with E-state index in [1.165, 1.54) is 0 Å². The number of ether oxygens (including phenoxy) is 3. The van der Waals surface area contributed by atoms with Crippen molar-refractivity contribution in [2.24, 2.45) is 0 Å². The van der Waals surface area contributed by atoms with Crippen molar-refractivity contribution in [3.05, 3.63) is 107 Å². The molecule has 3 atom stereocenters. The van der Waals surface area contributed by atoms with Crippen molar-refractivity contribution in [2.75, 3.05) is 24.1 Å². The lowest BCUT2D eigenvalue weighted by Crippen LogP contribution is -2.35. The fraction of sp³-hybridized carbons (Fsp3) is 0.324. The normalized spacial score (nSPS) is 13.3. The Morgan fingerprint density at radius 3 is 2.17 bits per heavy atom. The molecule has 0 radical (unpaired) electrons. The van der Waals surface area contributed by atoms with Gasteiger partial charge < -0.3 is 29.7 Å². The monoisotopic (exact) mass is 676 g/mol. The summed E-state index contributed by atoms with van der Waals surface area (Å²) in [6, 6.07) is 25.6. The maximum absolute atomic E-state index is 12.1. The van der Waals surface area contributed by atoms with Crippen molar-refractivity contribution in [2.45, 2.75) is 59.0 Å². The van der Waals surface area contributed by atoms with Crippen LogP contribution < -0.4 is 24.2 Å². The van der Waals surface area contributed by atoms with E-state index in [4.69, 9.17) is 14.2 Å². The van der Waals surface area contributed by atoms with Crippen LogP contribution in [-0.2, 0) is 21.4 Å². The zero-order chi connectivity index (χ0) is 34.8. The highest BCUT2D eigenvalue weighted by Crippen LogP contribution is 2.32. The van der Waals surface area contributed by atoms with Gasteiger partial charge in [-0.15, -0.1) is 0 Å². The first-order valence-electron chi connectivity index (χ1n) is 15.8. The topological polar surface area (TPSA) is 143 Å². The van der Waals surface area contributed by atoms with E-state index in [1.54, 1.807) is 37.3 Å². The quantitative estimate of drug-likeness (QED) is 0.0954. The van der Waals surface area contributed by atoms with E-state index in [9.17, 15) is 23.4 Å². The number of aliphatic carboxylic acids is 1. The molecule has 11 heteroatoms. The molecule has 4 aromatic carbocycles. The molecule has 4 N–H and O–H groups in total. The molecule has 0 fully saturated rings. The first kappa shape index (κ1) is 36.3. The molecule has 0 aliphatic carbocycles. The lowest BCUT2D eigenvalue weighted by atomic mass is 9.99. The smallest absolute Gasteiger partial charge is 0.344 e. The zero-order valence-electron chi connectivity index (χ0n) is 27.9. The molecule has 48 heavy (non-hydrogen) atoms. The number of benzene rings is 4. The lowest BCUT2D eigenvalue weighted by molar-refractivity contribution is -0.145. The third-order valence-electron chi connectivity index (χ3n) is 7.74. The summed E-state index contributed by atoms with van der Waals surface area (Å²) in [5, 5.41) is 23.6. The maximum Gasteiger partial charge on any atom is 0.344 e. The number of aliphatic hydroxyl groups is 1. The molecule has 0 aliphatic rings. The van der Waals surface area contributed by atoms with Crippen molar-refractivity contribution >= 4 is 21.7 Å². The number of carbonyl (C=O) groups is 1. The van der Waals surface area contributed by atoms with Gasteiger partial charge in [-0.1, -0.05) is 55.5 Å². The Labute approximate surface area is 282 Å². The van der Waals surface area contributed by atoms with Crippen LogP contribution in [0.1, 0.15) is 48.6 Å². The number of rotatable bonds is 17. The molecule has 0 heterocycles. The average molecular weight is 677 g/mol. The Hall–Kier alpha value is -4.58. The second-order valence-corrected chi connectivity index (χ2v) is 13.5. The number of carboxylic acid groups (broad SMARTS) is 1. The van der Waals surface area contributed by atoms with Crippen LogP contribution in [-0.4, -0.2) is 56.2 Å². The van der Waals surface area contributed by atoms with E-state index in [1.807, 2.05) is 75.4 Å². The fourth-order valence-electron chi connectivity index (χ4n) is 5.26. The highest BCUT2D eigenvalue weighted by atomic mass is 32.2. The molecule has 0 saturated heterocycles. The van der Waals surface area contributed by atoms with Crippen LogP contribution in [0.15, 0.2) is 84.9 Å². The molecule has 0 spiro atoms. The standard InChI is InChI=1S/C37H44N2O8S/c1-6-33(37(41)42)47-31-15-12-28(13-16-31)30-20-24(2)36(25(3)21-30)45-19-18-38-26(4)35(40)29-14-17-34(32(22-29)39-48(5,43)44)46-23-27-10-8-7-9-11-27/h7-17,20-22,26,33,35,38-40H,6,18-19,23H2,1-5H3,(H,41,42)/t26-,33?,35-/m0/s1. The first-order chi connectivity index (χ1) is 22.8. The molecule has 0 aromatic heterocycles. The zero-order valence-corrected chi connectivity index (χ0v) is 28.7. The van der Waals surface area contributed by atoms with E-state index < -0.39 is 28.2 Å². The highest BCUT2D eigenvalue weighted by molar-refractivity contribution is 7.92. The van der Waals surface area contributed by atoms with Gasteiger partial charge in [0, 0.05) is 12.6 Å². The molecule has 0 saturated carbocycles. The second-order valence-electron chi connectivity index (χ2n) is 11.8. The summed E-state index contributed by atoms with van der Waals surface area (Å²) in [5.74, 6) is 0.656. The number of carboxylic acids is 1. The predicted octanol–water partition coefficient (Wildman–Crippen LogP) is 6.25. The number of aliphatic hydroxyl groups excluding tert-OH is 1. The minimum Gasteiger partial charge on any atom is -0.492 e. The molecule has 0 bridgehead atoms. The van der Waals surface area contributed by atoms with Gasteiger partial charge in [0.2, 0.25) is 10.0 Å². The van der Waals surface area contributed by atoms with Crippen molar-refractivity contribution in [3.8, 4) is 28.4 Å². The summed E-state index contributed by atoms with van der Waals surface area (Å²) in [6.45, 7) is 8.67. The summed E-state index contributed by atoms with van der Waals surface area (Å²) in [7, 11) is -3.59. The van der Waals surface area contributed by atoms with E-state index in [0.717, 1.165) is 39.8 Å². The van der Waals surface area contributed by atoms with Crippen LogP contribution in [0, 0.1) is 13.8 Å². The van der Waals surface area contributed by atoms with Gasteiger partial charge in [-0.05, 0) is 97.0 Å². The number of anilines is 1. The molecule has 1 unspecified atom stereocenters. The van der Waals surface area contributed by atoms with E-state index >= 15 is 0 Å². The third-order valence-corrected chi connectivity index (χ3v) is 8.33. The number of sulfonamides is 1. The van der Waals surface area contributed by atoms with Gasteiger partial charge in [-0.3, -0.25) is 4.72 Å². The SMILES string of the molecule is CCC(Oc1ccc(-c2cc(C)c(OCCN[C@@H](C)[C@H](O)c3ccc(OCc4ccccc4)c(NS(C)(=O)=O)c3)c(C)c2)cc1)C(=O)O. The van der Waals surface area contributed by atoms with Crippen molar-refractivity contribution in [3.63, 3.8) is 0 Å². The number of hydrogen-bond donors (Lipinski definition) is 4. The minimum absolute atomic E-state index is 0.252. The van der Waals surface area contributed by atoms with Crippen molar-refractivity contribution < 1.29 is 37.6 Å². The molecule has 4 aromatic rings. The molecule has 4 rings (SSSR count). The van der Waals surface area contributed by atoms with Gasteiger partial charge in [0.05, 0.1) is 18.0 Å². The van der Waals surface area contributed by atoms with Gasteiger partial charge in [-0.2, -0.15) is 0 Å². The van der Waals surface area contributed by atoms with Crippen LogP contribution in [0.5, 0.6) is 17.2 Å². The minimum atomic E-state index is -3.59. The van der Waals surface area contributed by atoms with Gasteiger partial charge in [-0.25, -0.2) is 13.2 Å². The third kappa shape index (κ3) is 10.2. The van der Waals surface area contributed by atoms with E-state index in [2.05, 4.69) is 10.0 Å². The van der Waals surface area contributed by atoms with Gasteiger partial charge in [0.1, 0.15) is 30.5 Å².